The monoisotopic (exact) mass is 600 g/mol. The van der Waals surface area contributed by atoms with Crippen LogP contribution in [0.5, 0.6) is 0 Å². The molecule has 138 valence electrons. The first kappa shape index (κ1) is 29.7. The van der Waals surface area contributed by atoms with E-state index in [0.29, 0.717) is 0 Å². The molecule has 27 heavy (non-hydrogen) atoms. The molecule has 0 unspecified atom stereocenters. The summed E-state index contributed by atoms with van der Waals surface area (Å²) < 4.78 is 0. The predicted octanol–water partition coefficient (Wildman–Crippen LogP) is -2.10. The normalized spacial score (nSPS) is 7.70. The number of para-hydroxylation sites is 2. The van der Waals surface area contributed by atoms with Crippen molar-refractivity contribution in [1.82, 2.24) is 0 Å². The van der Waals surface area contributed by atoms with E-state index in [0.717, 1.165) is 0 Å². The summed E-state index contributed by atoms with van der Waals surface area (Å²) in [6.07, 6.45) is 0. The average molecular weight is 601 g/mol. The number of non-ortho nitro benzene ring substituents is 2. The molecule has 9 heteroatoms. The summed E-state index contributed by atoms with van der Waals surface area (Å²) in [7, 11) is 0. The molecule has 0 heterocycles. The minimum atomic E-state index is -0.472. The Bertz CT molecular complexity index is 660. The van der Waals surface area contributed by atoms with Gasteiger partial charge < -0.3 is 24.8 Å². The van der Waals surface area contributed by atoms with Gasteiger partial charge in [0.15, 0.2) is 0 Å². The number of hydrogen-bond acceptors (Lipinski definition) is 4. The Morgan fingerprint density at radius 1 is 0.630 bits per heavy atom. The van der Waals surface area contributed by atoms with Crippen molar-refractivity contribution in [2.75, 3.05) is 0 Å². The summed E-state index contributed by atoms with van der Waals surface area (Å²) in [6, 6.07) is 29.9. The smallest absolute Gasteiger partial charge is 1.00 e. The van der Waals surface area contributed by atoms with Gasteiger partial charge >= 0.3 is 26.2 Å². The Balaban J connectivity index is -0.000000309. The Kier molecular flexibility index (Phi) is 20.6. The van der Waals surface area contributed by atoms with E-state index in [1.807, 2.05) is 30.3 Å². The van der Waals surface area contributed by atoms with Crippen LogP contribution in [0.4, 0.5) is 11.4 Å². The van der Waals surface area contributed by atoms with Gasteiger partial charge in [-0.25, -0.2) is 0 Å². The third-order valence-electron chi connectivity index (χ3n) is 2.39. The summed E-state index contributed by atoms with van der Waals surface area (Å²) in [6.45, 7) is 0. The Labute approximate surface area is 188 Å². The largest absolute Gasteiger partial charge is 2.00 e. The number of nitro groups is 2. The van der Waals surface area contributed by atoms with Crippen LogP contribution in [-0.2, 0) is 0 Å². The van der Waals surface area contributed by atoms with Gasteiger partial charge in [0.2, 0.25) is 0 Å². The number of halogens is 2. The van der Waals surface area contributed by atoms with Gasteiger partial charge in [0.1, 0.15) is 0 Å². The summed E-state index contributed by atoms with van der Waals surface area (Å²) in [5.74, 6) is 0. The van der Waals surface area contributed by atoms with Crippen LogP contribution in [-0.4, -0.2) is 36.1 Å². The fourth-order valence-electron chi connectivity index (χ4n) is 1.34. The molecule has 3 rings (SSSR count). The van der Waals surface area contributed by atoms with Crippen LogP contribution in [0.25, 0.3) is 0 Å². The first-order valence-corrected chi connectivity index (χ1v) is 6.74. The van der Waals surface area contributed by atoms with E-state index in [-0.39, 0.29) is 62.4 Å². The first-order chi connectivity index (χ1) is 11.6. The van der Waals surface area contributed by atoms with E-state index >= 15 is 0 Å². The van der Waals surface area contributed by atoms with Crippen molar-refractivity contribution < 1.29 is 34.7 Å². The quantitative estimate of drug-likeness (QED) is 0.192. The molecule has 0 bridgehead atoms. The van der Waals surface area contributed by atoms with E-state index in [9.17, 15) is 20.2 Å². The number of rotatable bonds is 2. The van der Waals surface area contributed by atoms with Crippen LogP contribution in [0.3, 0.4) is 0 Å². The van der Waals surface area contributed by atoms with Crippen molar-refractivity contribution in [2.24, 2.45) is 0 Å². The molecule has 0 atom stereocenters. The maximum Gasteiger partial charge on any atom is 2.00 e. The molecular formula is C18H13BiCl2N2O4. The van der Waals surface area contributed by atoms with Gasteiger partial charge in [-0.05, 0) is 18.2 Å². The van der Waals surface area contributed by atoms with Crippen molar-refractivity contribution in [2.45, 2.75) is 0 Å². The molecule has 3 aromatic carbocycles. The van der Waals surface area contributed by atoms with Crippen LogP contribution in [0.15, 0.2) is 78.9 Å². The average Bonchev–Trinajstić information content (AvgIpc) is 2.65. The van der Waals surface area contributed by atoms with Crippen molar-refractivity contribution in [1.29, 1.82) is 0 Å². The van der Waals surface area contributed by atoms with Gasteiger partial charge in [0.05, 0.1) is 22.0 Å². The molecule has 0 aliphatic carbocycles. The summed E-state index contributed by atoms with van der Waals surface area (Å²) in [4.78, 5) is 19.0. The molecule has 0 saturated heterocycles. The standard InChI is InChI=1S/2C6H4NO2.C6H5.Bi.2ClH/c2*8-7(9)6-4-2-1-3-5-6;1-2-4-6-5-3-1;;;/h2*1-4H;1-5H;;2*1H/q;;;+2;;/p-2. The number of hydrogen-bond donors (Lipinski definition) is 0. The van der Waals surface area contributed by atoms with Crippen LogP contribution in [0.1, 0.15) is 0 Å². The predicted molar refractivity (Wildman–Crippen MR) is 94.9 cm³/mol. The summed E-state index contributed by atoms with van der Waals surface area (Å²) >= 11 is 0. The zero-order chi connectivity index (χ0) is 17.6. The molecule has 6 nitrogen and oxygen atoms in total. The maximum absolute atomic E-state index is 9.98. The molecule has 0 amide bonds. The van der Waals surface area contributed by atoms with Crippen LogP contribution < -0.4 is 24.8 Å². The van der Waals surface area contributed by atoms with Gasteiger partial charge in [-0.1, -0.05) is 54.6 Å². The molecule has 3 aromatic rings. The minimum Gasteiger partial charge on any atom is -1.00 e. The number of nitro benzene ring substituents is 2. The van der Waals surface area contributed by atoms with E-state index in [4.69, 9.17) is 0 Å². The molecule has 0 aliphatic heterocycles. The van der Waals surface area contributed by atoms with Crippen molar-refractivity contribution in [3.05, 3.63) is 117 Å². The van der Waals surface area contributed by atoms with Gasteiger partial charge in [0, 0.05) is 12.1 Å². The van der Waals surface area contributed by atoms with Gasteiger partial charge in [-0.3, -0.25) is 20.2 Å². The fourth-order valence-corrected chi connectivity index (χ4v) is 1.34. The van der Waals surface area contributed by atoms with Crippen molar-refractivity contribution in [3.63, 3.8) is 0 Å². The Morgan fingerprint density at radius 3 is 1.15 bits per heavy atom. The van der Waals surface area contributed by atoms with Crippen LogP contribution in [0.2, 0.25) is 0 Å². The van der Waals surface area contributed by atoms with Gasteiger partial charge in [-0.15, -0.1) is 0 Å². The molecule has 0 aliphatic rings. The first-order valence-electron chi connectivity index (χ1n) is 6.74. The van der Waals surface area contributed by atoms with Crippen molar-refractivity contribution >= 4 is 37.6 Å². The zero-order valence-corrected chi connectivity index (χ0v) is 18.7. The second-order valence-corrected chi connectivity index (χ2v) is 4.09. The van der Waals surface area contributed by atoms with E-state index in [2.05, 4.69) is 18.2 Å². The van der Waals surface area contributed by atoms with Gasteiger partial charge in [0.25, 0.3) is 11.4 Å². The zero-order valence-electron chi connectivity index (χ0n) is 13.7. The molecule has 6 radical (unpaired) electrons. The number of nitrogens with zero attached hydrogens (tertiary/aromatic N) is 2. The molecule has 0 fully saturated rings. The van der Waals surface area contributed by atoms with Crippen LogP contribution >= 0.6 is 0 Å². The SMILES string of the molecule is O=[N+]([O-])c1[c]cccc1.O=[N+]([O-])c1[c]cccc1.[Bi+2].[Cl-].[Cl-].[c]1ccccc1. The molecular weight excluding hydrogens is 588 g/mol. The second-order valence-electron chi connectivity index (χ2n) is 4.09. The van der Waals surface area contributed by atoms with Gasteiger partial charge in [-0.2, -0.15) is 0 Å². The third-order valence-corrected chi connectivity index (χ3v) is 2.39. The van der Waals surface area contributed by atoms with E-state index in [1.165, 1.54) is 24.3 Å². The van der Waals surface area contributed by atoms with E-state index < -0.39 is 9.85 Å². The fraction of sp³-hybridized carbons (Fsp3) is 0. The Hall–Kier alpha value is -2.08. The summed E-state index contributed by atoms with van der Waals surface area (Å²) in [5.41, 5.74) is 0.0231. The molecule has 0 N–H and O–H groups in total. The topological polar surface area (TPSA) is 86.3 Å². The molecule has 0 spiro atoms. The molecule has 0 saturated carbocycles. The maximum atomic E-state index is 9.98. The Morgan fingerprint density at radius 2 is 1.00 bits per heavy atom. The number of benzene rings is 3. The van der Waals surface area contributed by atoms with E-state index in [1.54, 1.807) is 24.3 Å². The van der Waals surface area contributed by atoms with Crippen LogP contribution in [0, 0.1) is 38.4 Å². The summed E-state index contributed by atoms with van der Waals surface area (Å²) in [5, 5.41) is 20.0. The third kappa shape index (κ3) is 14.7. The van der Waals surface area contributed by atoms with Crippen molar-refractivity contribution in [3.8, 4) is 0 Å². The minimum absolute atomic E-state index is 0. The molecule has 0 aromatic heterocycles. The second kappa shape index (κ2) is 18.7.